The summed E-state index contributed by atoms with van der Waals surface area (Å²) in [5.74, 6) is -1.45. The number of amides is 1. The number of aromatic nitrogens is 1. The van der Waals surface area contributed by atoms with Crippen LogP contribution in [-0.4, -0.2) is 28.1 Å². The van der Waals surface area contributed by atoms with E-state index in [0.29, 0.717) is 12.2 Å². The molecule has 0 aliphatic rings. The fraction of sp³-hybridized carbons (Fsp3) is 0.0400. The highest BCUT2D eigenvalue weighted by Gasteiger charge is 2.18. The maximum Gasteiger partial charge on any atom is 0.488 e. The molecule has 1 amide bonds. The summed E-state index contributed by atoms with van der Waals surface area (Å²) in [7, 11) is -1.80. The minimum Gasteiger partial charge on any atom is -0.423 e. The van der Waals surface area contributed by atoms with Crippen LogP contribution in [0.2, 0.25) is 0 Å². The van der Waals surface area contributed by atoms with E-state index in [1.165, 1.54) is 6.07 Å². The van der Waals surface area contributed by atoms with Gasteiger partial charge in [-0.05, 0) is 46.9 Å². The van der Waals surface area contributed by atoms with Gasteiger partial charge in [-0.2, -0.15) is 0 Å². The van der Waals surface area contributed by atoms with Gasteiger partial charge < -0.3 is 20.7 Å². The largest absolute Gasteiger partial charge is 0.488 e. The van der Waals surface area contributed by atoms with E-state index < -0.39 is 18.8 Å². The number of halogens is 1. The summed E-state index contributed by atoms with van der Waals surface area (Å²) in [6.45, 7) is 0.662. The van der Waals surface area contributed by atoms with Crippen LogP contribution in [0.15, 0.2) is 91.3 Å². The number of rotatable bonds is 7. The first-order chi connectivity index (χ1) is 16.0. The summed E-state index contributed by atoms with van der Waals surface area (Å²) in [5.41, 5.74) is 3.89. The van der Waals surface area contributed by atoms with Crippen molar-refractivity contribution < 1.29 is 19.2 Å². The van der Waals surface area contributed by atoms with Crippen LogP contribution in [-0.2, 0) is 6.54 Å². The van der Waals surface area contributed by atoms with Gasteiger partial charge in [0, 0.05) is 30.2 Å². The number of hydrogen-bond acceptors (Lipinski definition) is 5. The van der Waals surface area contributed by atoms with Crippen molar-refractivity contribution in [3.8, 4) is 11.1 Å². The van der Waals surface area contributed by atoms with E-state index in [-0.39, 0.29) is 11.0 Å². The Morgan fingerprint density at radius 3 is 2.45 bits per heavy atom. The van der Waals surface area contributed by atoms with Crippen LogP contribution in [0.4, 0.5) is 15.8 Å². The Hall–Kier alpha value is -4.01. The molecule has 0 fully saturated rings. The quantitative estimate of drug-likeness (QED) is 0.330. The monoisotopic (exact) mass is 441 g/mol. The molecule has 0 saturated carbocycles. The predicted octanol–water partition coefficient (Wildman–Crippen LogP) is 3.43. The van der Waals surface area contributed by atoms with E-state index in [2.05, 4.69) is 15.6 Å². The van der Waals surface area contributed by atoms with E-state index in [0.717, 1.165) is 34.5 Å². The SMILES string of the molecule is O=C(Nc1cccc(-c2cncc(NCc3ccccc3)c2)c1)c1cc(B(O)O)ccc1F. The molecule has 33 heavy (non-hydrogen) atoms. The summed E-state index contributed by atoms with van der Waals surface area (Å²) in [6.07, 6.45) is 3.46. The van der Waals surface area contributed by atoms with E-state index in [9.17, 15) is 19.2 Å². The summed E-state index contributed by atoms with van der Waals surface area (Å²) >= 11 is 0. The summed E-state index contributed by atoms with van der Waals surface area (Å²) in [5, 5.41) is 24.6. The molecule has 1 aromatic heterocycles. The highest BCUT2D eigenvalue weighted by atomic mass is 19.1. The Balaban J connectivity index is 1.50. The van der Waals surface area contributed by atoms with Gasteiger partial charge in [0.1, 0.15) is 5.82 Å². The van der Waals surface area contributed by atoms with Gasteiger partial charge in [0.15, 0.2) is 0 Å². The standard InChI is InChI=1S/C25H21BFN3O3/c27-24-10-9-20(26(32)33)13-23(24)25(31)30-21-8-4-7-18(11-21)19-12-22(16-28-15-19)29-14-17-5-2-1-3-6-17/h1-13,15-16,29,32-33H,14H2,(H,30,31). The molecule has 4 aromatic rings. The van der Waals surface area contributed by atoms with Crippen molar-refractivity contribution in [1.29, 1.82) is 0 Å². The number of hydrogen-bond donors (Lipinski definition) is 4. The van der Waals surface area contributed by atoms with E-state index in [1.54, 1.807) is 30.6 Å². The van der Waals surface area contributed by atoms with Crippen LogP contribution < -0.4 is 16.1 Å². The molecule has 0 radical (unpaired) electrons. The van der Waals surface area contributed by atoms with Crippen molar-refractivity contribution in [1.82, 2.24) is 4.98 Å². The first-order valence-corrected chi connectivity index (χ1v) is 10.3. The van der Waals surface area contributed by atoms with Crippen LogP contribution in [0.3, 0.4) is 0 Å². The first-order valence-electron chi connectivity index (χ1n) is 10.3. The topological polar surface area (TPSA) is 94.5 Å². The van der Waals surface area contributed by atoms with Crippen LogP contribution in [0.1, 0.15) is 15.9 Å². The van der Waals surface area contributed by atoms with Gasteiger partial charge in [-0.25, -0.2) is 4.39 Å². The third-order valence-electron chi connectivity index (χ3n) is 5.06. The predicted molar refractivity (Wildman–Crippen MR) is 128 cm³/mol. The number of nitrogens with zero attached hydrogens (tertiary/aromatic N) is 1. The van der Waals surface area contributed by atoms with Crippen molar-refractivity contribution in [2.24, 2.45) is 0 Å². The van der Waals surface area contributed by atoms with E-state index >= 15 is 0 Å². The van der Waals surface area contributed by atoms with Crippen molar-refractivity contribution >= 4 is 29.9 Å². The van der Waals surface area contributed by atoms with Crippen LogP contribution in [0.5, 0.6) is 0 Å². The highest BCUT2D eigenvalue weighted by Crippen LogP contribution is 2.25. The van der Waals surface area contributed by atoms with Crippen LogP contribution in [0, 0.1) is 5.82 Å². The smallest absolute Gasteiger partial charge is 0.423 e. The van der Waals surface area contributed by atoms with Gasteiger partial charge in [-0.15, -0.1) is 0 Å². The molecule has 0 aliphatic carbocycles. The lowest BCUT2D eigenvalue weighted by Crippen LogP contribution is -2.31. The molecule has 164 valence electrons. The lowest BCUT2D eigenvalue weighted by molar-refractivity contribution is 0.102. The Kier molecular flexibility index (Phi) is 6.78. The molecule has 3 aromatic carbocycles. The molecule has 8 heteroatoms. The Bertz CT molecular complexity index is 1270. The minimum atomic E-state index is -1.80. The highest BCUT2D eigenvalue weighted by molar-refractivity contribution is 6.58. The Morgan fingerprint density at radius 2 is 1.67 bits per heavy atom. The van der Waals surface area contributed by atoms with Gasteiger partial charge in [-0.1, -0.05) is 48.5 Å². The third-order valence-corrected chi connectivity index (χ3v) is 5.06. The second kappa shape index (κ2) is 10.1. The number of anilines is 2. The molecular formula is C25H21BFN3O3. The zero-order valence-electron chi connectivity index (χ0n) is 17.6. The van der Waals surface area contributed by atoms with Crippen molar-refractivity contribution in [2.45, 2.75) is 6.54 Å². The van der Waals surface area contributed by atoms with E-state index in [1.807, 2.05) is 42.5 Å². The minimum absolute atomic E-state index is 0.0289. The Morgan fingerprint density at radius 1 is 0.879 bits per heavy atom. The van der Waals surface area contributed by atoms with Crippen LogP contribution in [0.25, 0.3) is 11.1 Å². The third kappa shape index (κ3) is 5.62. The average molecular weight is 441 g/mol. The number of carbonyl (C=O) groups excluding carboxylic acids is 1. The van der Waals surface area contributed by atoms with Gasteiger partial charge in [0.25, 0.3) is 5.91 Å². The lowest BCUT2D eigenvalue weighted by atomic mass is 9.79. The molecule has 6 nitrogen and oxygen atoms in total. The molecule has 4 N–H and O–H groups in total. The molecule has 0 atom stereocenters. The van der Waals surface area contributed by atoms with Gasteiger partial charge in [0.2, 0.25) is 0 Å². The molecule has 0 saturated heterocycles. The second-order valence-electron chi connectivity index (χ2n) is 7.45. The number of pyridine rings is 1. The molecule has 0 spiro atoms. The van der Waals surface area contributed by atoms with Crippen molar-refractivity contribution in [3.05, 3.63) is 108 Å². The first kappa shape index (κ1) is 22.2. The lowest BCUT2D eigenvalue weighted by Gasteiger charge is -2.11. The summed E-state index contributed by atoms with van der Waals surface area (Å²) in [4.78, 5) is 16.9. The zero-order valence-corrected chi connectivity index (χ0v) is 17.6. The number of carbonyl (C=O) groups is 1. The summed E-state index contributed by atoms with van der Waals surface area (Å²) < 4.78 is 14.1. The fourth-order valence-corrected chi connectivity index (χ4v) is 3.35. The van der Waals surface area contributed by atoms with Gasteiger partial charge in [-0.3, -0.25) is 9.78 Å². The maximum atomic E-state index is 14.1. The zero-order chi connectivity index (χ0) is 23.2. The molecule has 0 aliphatic heterocycles. The molecule has 0 unspecified atom stereocenters. The van der Waals surface area contributed by atoms with Gasteiger partial charge >= 0.3 is 7.12 Å². The molecule has 0 bridgehead atoms. The maximum absolute atomic E-state index is 14.1. The van der Waals surface area contributed by atoms with Crippen LogP contribution >= 0.6 is 0 Å². The number of benzene rings is 3. The van der Waals surface area contributed by atoms with Crippen molar-refractivity contribution in [3.63, 3.8) is 0 Å². The normalized spacial score (nSPS) is 10.5. The fourth-order valence-electron chi connectivity index (χ4n) is 3.35. The number of nitrogens with one attached hydrogen (secondary N) is 2. The molecular weight excluding hydrogens is 420 g/mol. The average Bonchev–Trinajstić information content (AvgIpc) is 2.84. The molecule has 1 heterocycles. The second-order valence-corrected chi connectivity index (χ2v) is 7.45. The van der Waals surface area contributed by atoms with Crippen molar-refractivity contribution in [2.75, 3.05) is 10.6 Å². The summed E-state index contributed by atoms with van der Waals surface area (Å²) in [6, 6.07) is 22.4. The van der Waals surface area contributed by atoms with Gasteiger partial charge in [0.05, 0.1) is 11.3 Å². The molecule has 4 rings (SSSR count). The van der Waals surface area contributed by atoms with E-state index in [4.69, 9.17) is 0 Å². The Labute approximate surface area is 190 Å².